The fourth-order valence-corrected chi connectivity index (χ4v) is 2.49. The molecule has 7 heteroatoms. The number of carbonyl (C=O) groups is 1. The lowest BCUT2D eigenvalue weighted by Crippen LogP contribution is -2.47. The molecule has 0 saturated heterocycles. The maximum absolute atomic E-state index is 11.6. The number of hydrogen-bond donors (Lipinski definition) is 4. The summed E-state index contributed by atoms with van der Waals surface area (Å²) in [6, 6.07) is 13.6. The minimum Gasteiger partial charge on any atom is -0.361 e. The predicted octanol–water partition coefficient (Wildman–Crippen LogP) is 1.92. The van der Waals surface area contributed by atoms with Crippen molar-refractivity contribution in [3.8, 4) is 0 Å². The Bertz CT molecular complexity index is 572. The van der Waals surface area contributed by atoms with Crippen molar-refractivity contribution in [3.63, 3.8) is 0 Å². The first kappa shape index (κ1) is 15.4. The Hall–Kier alpha value is -1.99. The van der Waals surface area contributed by atoms with Gasteiger partial charge in [0.1, 0.15) is 5.69 Å². The molecule has 21 heavy (non-hydrogen) atoms. The highest BCUT2D eigenvalue weighted by atomic mass is 32.2. The predicted molar refractivity (Wildman–Crippen MR) is 89.2 cm³/mol. The zero-order chi connectivity index (χ0) is 14.9. The molecule has 1 aromatic heterocycles. The average molecular weight is 320 g/mol. The van der Waals surface area contributed by atoms with Gasteiger partial charge in [-0.05, 0) is 36.5 Å². The molecular weight excluding hydrogens is 304 g/mol. The van der Waals surface area contributed by atoms with Crippen LogP contribution in [0.5, 0.6) is 0 Å². The van der Waals surface area contributed by atoms with Crippen LogP contribution in [0.3, 0.4) is 0 Å². The molecule has 0 spiro atoms. The van der Waals surface area contributed by atoms with Gasteiger partial charge >= 0.3 is 0 Å². The van der Waals surface area contributed by atoms with E-state index < -0.39 is 0 Å². The van der Waals surface area contributed by atoms with Gasteiger partial charge in [0.25, 0.3) is 5.91 Å². The summed E-state index contributed by atoms with van der Waals surface area (Å²) in [4.78, 5) is 15.7. The third-order valence-electron chi connectivity index (χ3n) is 2.53. The molecule has 0 radical (unpaired) electrons. The summed E-state index contributed by atoms with van der Waals surface area (Å²) in [6.07, 6.45) is 1.69. The van der Waals surface area contributed by atoms with Crippen LogP contribution in [0.2, 0.25) is 0 Å². The molecule has 1 aromatic carbocycles. The highest BCUT2D eigenvalue weighted by molar-refractivity contribution is 7.99. The lowest BCUT2D eigenvalue weighted by atomic mass is 10.4. The summed E-state index contributed by atoms with van der Waals surface area (Å²) in [6.45, 7) is 0.712. The second-order valence-electron chi connectivity index (χ2n) is 4.08. The summed E-state index contributed by atoms with van der Waals surface area (Å²) >= 11 is 6.82. The first-order chi connectivity index (χ1) is 10.3. The fraction of sp³-hybridized carbons (Fsp3) is 0.143. The van der Waals surface area contributed by atoms with E-state index >= 15 is 0 Å². The normalized spacial score (nSPS) is 9.90. The van der Waals surface area contributed by atoms with Crippen LogP contribution in [0.4, 0.5) is 0 Å². The number of H-pyrrole nitrogens is 1. The summed E-state index contributed by atoms with van der Waals surface area (Å²) < 4.78 is 0. The van der Waals surface area contributed by atoms with Crippen molar-refractivity contribution in [2.45, 2.75) is 4.90 Å². The van der Waals surface area contributed by atoms with Crippen LogP contribution < -0.4 is 16.2 Å². The number of aromatic nitrogens is 1. The SMILES string of the molecule is O=C(NNC(=S)NCCSc1ccccc1)c1ccc[nH]1. The third-order valence-corrected chi connectivity index (χ3v) is 3.79. The molecule has 0 aliphatic rings. The second-order valence-corrected chi connectivity index (χ2v) is 5.66. The van der Waals surface area contributed by atoms with Crippen LogP contribution in [0.25, 0.3) is 0 Å². The fourth-order valence-electron chi connectivity index (χ4n) is 1.55. The van der Waals surface area contributed by atoms with E-state index in [1.165, 1.54) is 4.90 Å². The monoisotopic (exact) mass is 320 g/mol. The topological polar surface area (TPSA) is 69.0 Å². The minimum absolute atomic E-state index is 0.261. The number of nitrogens with one attached hydrogen (secondary N) is 4. The summed E-state index contributed by atoms with van der Waals surface area (Å²) in [5, 5.41) is 3.42. The number of hydrogen-bond acceptors (Lipinski definition) is 3. The Balaban J connectivity index is 1.59. The number of benzene rings is 1. The molecule has 0 atom stereocenters. The Kier molecular flexibility index (Phi) is 6.11. The van der Waals surface area contributed by atoms with Crippen LogP contribution in [0.15, 0.2) is 53.6 Å². The maximum Gasteiger partial charge on any atom is 0.286 e. The van der Waals surface area contributed by atoms with Crippen LogP contribution in [-0.4, -0.2) is 28.3 Å². The van der Waals surface area contributed by atoms with Crippen molar-refractivity contribution >= 4 is 35.0 Å². The van der Waals surface area contributed by atoms with E-state index in [1.807, 2.05) is 18.2 Å². The van der Waals surface area contributed by atoms with Gasteiger partial charge in [-0.1, -0.05) is 18.2 Å². The van der Waals surface area contributed by atoms with Crippen molar-refractivity contribution in [2.75, 3.05) is 12.3 Å². The molecule has 0 aliphatic carbocycles. The molecule has 4 N–H and O–H groups in total. The number of thiocarbonyl (C=S) groups is 1. The standard InChI is InChI=1S/C14H16N4OS2/c19-13(12-7-4-8-15-12)17-18-14(20)16-9-10-21-11-5-2-1-3-6-11/h1-8,15H,9-10H2,(H,17,19)(H2,16,18,20). The second kappa shape index (κ2) is 8.33. The van der Waals surface area contributed by atoms with E-state index in [2.05, 4.69) is 33.3 Å². The first-order valence-corrected chi connectivity index (χ1v) is 7.80. The molecule has 2 aromatic rings. The van der Waals surface area contributed by atoms with Gasteiger partial charge in [-0.15, -0.1) is 11.8 Å². The van der Waals surface area contributed by atoms with E-state index in [0.29, 0.717) is 17.4 Å². The largest absolute Gasteiger partial charge is 0.361 e. The molecule has 0 saturated carbocycles. The van der Waals surface area contributed by atoms with Gasteiger partial charge in [-0.25, -0.2) is 0 Å². The third kappa shape index (κ3) is 5.49. The summed E-state index contributed by atoms with van der Waals surface area (Å²) in [7, 11) is 0. The Morgan fingerprint density at radius 1 is 1.14 bits per heavy atom. The number of amides is 1. The van der Waals surface area contributed by atoms with Gasteiger partial charge in [0.15, 0.2) is 5.11 Å². The Morgan fingerprint density at radius 3 is 2.67 bits per heavy atom. The van der Waals surface area contributed by atoms with Crippen molar-refractivity contribution in [1.82, 2.24) is 21.2 Å². The van der Waals surface area contributed by atoms with Crippen LogP contribution in [0.1, 0.15) is 10.5 Å². The quantitative estimate of drug-likeness (QED) is 0.293. The molecule has 1 heterocycles. The van der Waals surface area contributed by atoms with E-state index in [-0.39, 0.29) is 5.91 Å². The molecule has 110 valence electrons. The number of aromatic amines is 1. The van der Waals surface area contributed by atoms with Crippen LogP contribution in [-0.2, 0) is 0 Å². The maximum atomic E-state index is 11.6. The van der Waals surface area contributed by atoms with Crippen LogP contribution >= 0.6 is 24.0 Å². The zero-order valence-electron chi connectivity index (χ0n) is 11.3. The van der Waals surface area contributed by atoms with Gasteiger partial charge in [0, 0.05) is 23.4 Å². The molecule has 0 fully saturated rings. The average Bonchev–Trinajstić information content (AvgIpc) is 3.05. The van der Waals surface area contributed by atoms with Crippen molar-refractivity contribution < 1.29 is 4.79 Å². The molecule has 1 amide bonds. The van der Waals surface area contributed by atoms with E-state index in [4.69, 9.17) is 12.2 Å². The number of thioether (sulfide) groups is 1. The summed E-state index contributed by atoms with van der Waals surface area (Å²) in [5.41, 5.74) is 5.65. The Labute approximate surface area is 132 Å². The van der Waals surface area contributed by atoms with Crippen LogP contribution in [0, 0.1) is 0 Å². The number of rotatable bonds is 5. The van der Waals surface area contributed by atoms with Gasteiger partial charge in [-0.3, -0.25) is 15.6 Å². The molecular formula is C14H16N4OS2. The van der Waals surface area contributed by atoms with Crippen molar-refractivity contribution in [3.05, 3.63) is 54.4 Å². The first-order valence-electron chi connectivity index (χ1n) is 6.41. The van der Waals surface area contributed by atoms with E-state index in [9.17, 15) is 4.79 Å². The van der Waals surface area contributed by atoms with Gasteiger partial charge in [0.2, 0.25) is 0 Å². The smallest absolute Gasteiger partial charge is 0.286 e. The van der Waals surface area contributed by atoms with Gasteiger partial charge in [0.05, 0.1) is 0 Å². The number of hydrazine groups is 1. The van der Waals surface area contributed by atoms with Crippen molar-refractivity contribution in [1.29, 1.82) is 0 Å². The van der Waals surface area contributed by atoms with Gasteiger partial charge < -0.3 is 10.3 Å². The molecule has 5 nitrogen and oxygen atoms in total. The lowest BCUT2D eigenvalue weighted by molar-refractivity contribution is 0.0939. The molecule has 0 aliphatic heterocycles. The van der Waals surface area contributed by atoms with E-state index in [1.54, 1.807) is 30.1 Å². The zero-order valence-corrected chi connectivity index (χ0v) is 12.9. The van der Waals surface area contributed by atoms with E-state index in [0.717, 1.165) is 5.75 Å². The lowest BCUT2D eigenvalue weighted by Gasteiger charge is -2.10. The summed E-state index contributed by atoms with van der Waals surface area (Å²) in [5.74, 6) is 0.624. The molecule has 0 unspecified atom stereocenters. The van der Waals surface area contributed by atoms with Crippen molar-refractivity contribution in [2.24, 2.45) is 0 Å². The Morgan fingerprint density at radius 2 is 1.95 bits per heavy atom. The number of carbonyl (C=O) groups excluding carboxylic acids is 1. The highest BCUT2D eigenvalue weighted by Crippen LogP contribution is 2.15. The molecule has 0 bridgehead atoms. The minimum atomic E-state index is -0.261. The molecule has 2 rings (SSSR count). The van der Waals surface area contributed by atoms with Gasteiger partial charge in [-0.2, -0.15) is 0 Å². The highest BCUT2D eigenvalue weighted by Gasteiger charge is 2.05.